The lowest BCUT2D eigenvalue weighted by Gasteiger charge is -2.23. The summed E-state index contributed by atoms with van der Waals surface area (Å²) in [6.07, 6.45) is -3.01. The molecule has 0 aliphatic carbocycles. The van der Waals surface area contributed by atoms with E-state index >= 15 is 0 Å². The van der Waals surface area contributed by atoms with Crippen molar-refractivity contribution in [2.45, 2.75) is 25.9 Å². The summed E-state index contributed by atoms with van der Waals surface area (Å²) in [5.74, 6) is -0.0664. The van der Waals surface area contributed by atoms with Gasteiger partial charge < -0.3 is 5.32 Å². The summed E-state index contributed by atoms with van der Waals surface area (Å²) >= 11 is 0. The van der Waals surface area contributed by atoms with Crippen LogP contribution in [0.3, 0.4) is 0 Å². The van der Waals surface area contributed by atoms with Gasteiger partial charge in [-0.3, -0.25) is 4.79 Å². The minimum atomic E-state index is -4.42. The van der Waals surface area contributed by atoms with Gasteiger partial charge in [-0.1, -0.05) is 48.0 Å². The Labute approximate surface area is 150 Å². The molecule has 1 fully saturated rings. The van der Waals surface area contributed by atoms with Crippen LogP contribution in [0.5, 0.6) is 0 Å². The number of rotatable bonds is 3. The Morgan fingerprint density at radius 1 is 0.923 bits per heavy atom. The first-order valence-corrected chi connectivity index (χ1v) is 8.58. The van der Waals surface area contributed by atoms with E-state index in [1.54, 1.807) is 30.3 Å². The van der Waals surface area contributed by atoms with Gasteiger partial charge in [0.1, 0.15) is 0 Å². The number of ketones is 1. The predicted octanol–water partition coefficient (Wildman–Crippen LogP) is 5.09. The normalized spacial score (nSPS) is 15.0. The van der Waals surface area contributed by atoms with Crippen molar-refractivity contribution >= 4 is 11.4 Å². The van der Waals surface area contributed by atoms with E-state index in [1.807, 2.05) is 0 Å². The van der Waals surface area contributed by atoms with Crippen molar-refractivity contribution in [3.63, 3.8) is 0 Å². The van der Waals surface area contributed by atoms with E-state index < -0.39 is 11.7 Å². The maximum Gasteiger partial charge on any atom is 0.417 e. The molecule has 2 aromatic carbocycles. The van der Waals surface area contributed by atoms with Gasteiger partial charge in [-0.25, -0.2) is 0 Å². The van der Waals surface area contributed by atoms with Gasteiger partial charge in [0, 0.05) is 5.56 Å². The molecule has 0 saturated carbocycles. The van der Waals surface area contributed by atoms with Crippen molar-refractivity contribution < 1.29 is 18.0 Å². The first kappa shape index (κ1) is 18.4. The third-order valence-corrected chi connectivity index (χ3v) is 4.64. The van der Waals surface area contributed by atoms with Gasteiger partial charge in [-0.05, 0) is 55.6 Å². The fourth-order valence-electron chi connectivity index (χ4n) is 3.35. The number of alkyl halides is 3. The number of carbonyl (C=O) groups is 1. The Morgan fingerprint density at radius 2 is 1.50 bits per heavy atom. The molecule has 0 aromatic heterocycles. The highest BCUT2D eigenvalue weighted by molar-refractivity contribution is 5.95. The molecule has 26 heavy (non-hydrogen) atoms. The number of hydrogen-bond acceptors (Lipinski definition) is 2. The summed E-state index contributed by atoms with van der Waals surface area (Å²) in [6.45, 7) is 2.97. The van der Waals surface area contributed by atoms with Crippen molar-refractivity contribution in [1.82, 2.24) is 5.32 Å². The average molecular weight is 359 g/mol. The number of hydrogen-bond donors (Lipinski definition) is 1. The van der Waals surface area contributed by atoms with Crippen molar-refractivity contribution in [1.29, 1.82) is 0 Å². The van der Waals surface area contributed by atoms with Crippen LogP contribution >= 0.6 is 0 Å². The lowest BCUT2D eigenvalue weighted by molar-refractivity contribution is -0.137. The summed E-state index contributed by atoms with van der Waals surface area (Å²) in [7, 11) is 0. The monoisotopic (exact) mass is 359 g/mol. The average Bonchev–Trinajstić information content (AvgIpc) is 2.63. The Morgan fingerprint density at radius 3 is 2.08 bits per heavy atom. The van der Waals surface area contributed by atoms with Crippen LogP contribution in [-0.4, -0.2) is 18.9 Å². The summed E-state index contributed by atoms with van der Waals surface area (Å²) in [5, 5.41) is 3.24. The predicted molar refractivity (Wildman–Crippen MR) is 96.0 cm³/mol. The van der Waals surface area contributed by atoms with Crippen molar-refractivity contribution in [2.24, 2.45) is 0 Å². The van der Waals surface area contributed by atoms with Gasteiger partial charge in [0.15, 0.2) is 5.78 Å². The van der Waals surface area contributed by atoms with Crippen molar-refractivity contribution in [3.8, 4) is 0 Å². The quantitative estimate of drug-likeness (QED) is 0.773. The first-order valence-electron chi connectivity index (χ1n) is 8.58. The number of piperidine rings is 1. The molecule has 1 saturated heterocycles. The third kappa shape index (κ3) is 3.88. The number of carbonyl (C=O) groups excluding carboxylic acids is 1. The maximum atomic E-state index is 13.6. The molecular formula is C21H20F3NO. The van der Waals surface area contributed by atoms with E-state index in [2.05, 4.69) is 5.32 Å². The van der Waals surface area contributed by atoms with E-state index in [1.165, 1.54) is 19.1 Å². The SMILES string of the molecule is CC(=O)c1ccc(C(=C2CCNCC2)c2ccccc2C(F)(F)F)cc1. The van der Waals surface area contributed by atoms with Gasteiger partial charge in [0.05, 0.1) is 5.56 Å². The molecule has 0 spiro atoms. The minimum Gasteiger partial charge on any atom is -0.316 e. The van der Waals surface area contributed by atoms with Crippen LogP contribution < -0.4 is 5.32 Å². The van der Waals surface area contributed by atoms with Gasteiger partial charge in [-0.2, -0.15) is 13.2 Å². The molecule has 5 heteroatoms. The summed E-state index contributed by atoms with van der Waals surface area (Å²) in [4.78, 5) is 11.5. The topological polar surface area (TPSA) is 29.1 Å². The molecule has 0 unspecified atom stereocenters. The maximum absolute atomic E-state index is 13.6. The number of nitrogens with one attached hydrogen (secondary N) is 1. The molecule has 0 amide bonds. The number of benzene rings is 2. The zero-order valence-corrected chi connectivity index (χ0v) is 14.5. The second kappa shape index (κ2) is 7.46. The van der Waals surface area contributed by atoms with E-state index in [-0.39, 0.29) is 11.3 Å². The van der Waals surface area contributed by atoms with Gasteiger partial charge in [0.25, 0.3) is 0 Å². The van der Waals surface area contributed by atoms with Crippen molar-refractivity contribution in [3.05, 3.63) is 76.4 Å². The zero-order valence-electron chi connectivity index (χ0n) is 14.5. The molecule has 1 N–H and O–H groups in total. The molecule has 1 aliphatic heterocycles. The van der Waals surface area contributed by atoms with Crippen LogP contribution in [0.1, 0.15) is 46.8 Å². The Kier molecular flexibility index (Phi) is 5.28. The standard InChI is InChI=1S/C21H20F3NO/c1-14(26)15-6-8-16(9-7-15)20(17-10-12-25-13-11-17)18-4-2-3-5-19(18)21(22,23)24/h2-9,25H,10-13H2,1H3. The van der Waals surface area contributed by atoms with Gasteiger partial charge in [-0.15, -0.1) is 0 Å². The van der Waals surface area contributed by atoms with E-state index in [9.17, 15) is 18.0 Å². The van der Waals surface area contributed by atoms with E-state index in [4.69, 9.17) is 0 Å². The molecule has 1 aliphatic rings. The molecule has 0 atom stereocenters. The Balaban J connectivity index is 2.19. The smallest absolute Gasteiger partial charge is 0.316 e. The highest BCUT2D eigenvalue weighted by atomic mass is 19.4. The lowest BCUT2D eigenvalue weighted by atomic mass is 9.86. The molecule has 3 rings (SSSR count). The number of halogens is 3. The fourth-order valence-corrected chi connectivity index (χ4v) is 3.35. The fraction of sp³-hybridized carbons (Fsp3) is 0.286. The molecule has 2 nitrogen and oxygen atoms in total. The molecule has 2 aromatic rings. The van der Waals surface area contributed by atoms with Crippen LogP contribution in [-0.2, 0) is 6.18 Å². The summed E-state index contributed by atoms with van der Waals surface area (Å²) < 4.78 is 40.7. The van der Waals surface area contributed by atoms with Crippen LogP contribution in [0.15, 0.2) is 54.1 Å². The minimum absolute atomic E-state index is 0.0664. The van der Waals surface area contributed by atoms with E-state index in [0.717, 1.165) is 24.7 Å². The third-order valence-electron chi connectivity index (χ3n) is 4.64. The highest BCUT2D eigenvalue weighted by Gasteiger charge is 2.34. The molecular weight excluding hydrogens is 339 g/mol. The molecule has 136 valence electrons. The Hall–Kier alpha value is -2.40. The molecule has 0 bridgehead atoms. The summed E-state index contributed by atoms with van der Waals surface area (Å²) in [6, 6.07) is 12.5. The molecule has 0 radical (unpaired) electrons. The number of Topliss-reactive ketones (excluding diaryl/α,β-unsaturated/α-hetero) is 1. The van der Waals surface area contributed by atoms with Crippen LogP contribution in [0.25, 0.3) is 5.57 Å². The first-order chi connectivity index (χ1) is 12.4. The lowest BCUT2D eigenvalue weighted by Crippen LogP contribution is -2.24. The molecule has 1 heterocycles. The van der Waals surface area contributed by atoms with Crippen LogP contribution in [0, 0.1) is 0 Å². The van der Waals surface area contributed by atoms with Crippen LogP contribution in [0.2, 0.25) is 0 Å². The van der Waals surface area contributed by atoms with Gasteiger partial charge >= 0.3 is 6.18 Å². The summed E-state index contributed by atoms with van der Waals surface area (Å²) in [5.41, 5.74) is 2.48. The van der Waals surface area contributed by atoms with Gasteiger partial charge in [0.2, 0.25) is 0 Å². The van der Waals surface area contributed by atoms with Crippen LogP contribution in [0.4, 0.5) is 13.2 Å². The van der Waals surface area contributed by atoms with E-state index in [0.29, 0.717) is 29.5 Å². The highest BCUT2D eigenvalue weighted by Crippen LogP contribution is 2.39. The second-order valence-electron chi connectivity index (χ2n) is 6.41. The Bertz CT molecular complexity index is 827. The van der Waals surface area contributed by atoms with Crippen molar-refractivity contribution in [2.75, 3.05) is 13.1 Å². The second-order valence-corrected chi connectivity index (χ2v) is 6.41. The largest absolute Gasteiger partial charge is 0.417 e. The zero-order chi connectivity index (χ0) is 18.7.